The van der Waals surface area contributed by atoms with Gasteiger partial charge in [0.2, 0.25) is 0 Å². The molecule has 1 fully saturated rings. The van der Waals surface area contributed by atoms with Crippen molar-refractivity contribution in [3.63, 3.8) is 0 Å². The Morgan fingerprint density at radius 2 is 2.00 bits per heavy atom. The smallest absolute Gasteiger partial charge is 0.135 e. The second-order valence-corrected chi connectivity index (χ2v) is 5.36. The molecule has 5 nitrogen and oxygen atoms in total. The Labute approximate surface area is 128 Å². The van der Waals surface area contributed by atoms with Crippen molar-refractivity contribution in [1.29, 1.82) is 0 Å². The molecule has 2 aromatic rings. The van der Waals surface area contributed by atoms with E-state index in [-0.39, 0.29) is 0 Å². The number of halogens is 1. The van der Waals surface area contributed by atoms with Crippen LogP contribution < -0.4 is 10.2 Å². The van der Waals surface area contributed by atoms with E-state index in [1.54, 1.807) is 6.33 Å². The molecule has 1 aliphatic rings. The highest BCUT2D eigenvalue weighted by molar-refractivity contribution is 6.31. The molecule has 0 amide bonds. The second kappa shape index (κ2) is 6.28. The number of aryl methyl sites for hydroxylation is 1. The summed E-state index contributed by atoms with van der Waals surface area (Å²) in [6, 6.07) is 7.80. The third kappa shape index (κ3) is 3.43. The Kier molecular flexibility index (Phi) is 4.22. The van der Waals surface area contributed by atoms with Gasteiger partial charge in [0.1, 0.15) is 18.0 Å². The fourth-order valence-corrected chi connectivity index (χ4v) is 2.38. The largest absolute Gasteiger partial charge is 0.378 e. The van der Waals surface area contributed by atoms with Crippen molar-refractivity contribution < 1.29 is 4.74 Å². The average molecular weight is 305 g/mol. The first-order valence-electron chi connectivity index (χ1n) is 6.90. The van der Waals surface area contributed by atoms with E-state index in [9.17, 15) is 0 Å². The Morgan fingerprint density at radius 1 is 1.19 bits per heavy atom. The van der Waals surface area contributed by atoms with E-state index in [1.807, 2.05) is 31.2 Å². The van der Waals surface area contributed by atoms with Crippen LogP contribution in [-0.2, 0) is 4.74 Å². The molecule has 1 N–H and O–H groups in total. The maximum absolute atomic E-state index is 6.14. The van der Waals surface area contributed by atoms with E-state index < -0.39 is 0 Å². The second-order valence-electron chi connectivity index (χ2n) is 4.95. The van der Waals surface area contributed by atoms with Gasteiger partial charge < -0.3 is 15.0 Å². The number of morpholine rings is 1. The normalized spacial score (nSPS) is 15.0. The third-order valence-electron chi connectivity index (χ3n) is 3.43. The van der Waals surface area contributed by atoms with Gasteiger partial charge in [0.25, 0.3) is 0 Å². The number of aromatic nitrogens is 2. The highest BCUT2D eigenvalue weighted by Crippen LogP contribution is 2.23. The van der Waals surface area contributed by atoms with Gasteiger partial charge in [-0.2, -0.15) is 0 Å². The Balaban J connectivity index is 1.77. The molecule has 0 saturated carbocycles. The van der Waals surface area contributed by atoms with Crippen LogP contribution >= 0.6 is 11.6 Å². The lowest BCUT2D eigenvalue weighted by atomic mass is 10.2. The summed E-state index contributed by atoms with van der Waals surface area (Å²) in [6.45, 7) is 5.16. The lowest BCUT2D eigenvalue weighted by Crippen LogP contribution is -2.36. The van der Waals surface area contributed by atoms with E-state index in [2.05, 4.69) is 20.2 Å². The van der Waals surface area contributed by atoms with E-state index in [0.29, 0.717) is 0 Å². The molecule has 0 aliphatic carbocycles. The molecule has 21 heavy (non-hydrogen) atoms. The van der Waals surface area contributed by atoms with Crippen LogP contribution in [0.5, 0.6) is 0 Å². The molecule has 1 saturated heterocycles. The van der Waals surface area contributed by atoms with E-state index in [0.717, 1.165) is 54.2 Å². The zero-order valence-corrected chi connectivity index (χ0v) is 12.6. The molecule has 0 unspecified atom stereocenters. The van der Waals surface area contributed by atoms with Gasteiger partial charge in [-0.3, -0.25) is 0 Å². The van der Waals surface area contributed by atoms with Crippen molar-refractivity contribution in [1.82, 2.24) is 9.97 Å². The molecule has 0 bridgehead atoms. The Bertz CT molecular complexity index is 629. The zero-order valence-electron chi connectivity index (χ0n) is 11.8. The van der Waals surface area contributed by atoms with Crippen molar-refractivity contribution in [3.05, 3.63) is 41.2 Å². The van der Waals surface area contributed by atoms with Crippen molar-refractivity contribution in [3.8, 4) is 0 Å². The molecule has 110 valence electrons. The van der Waals surface area contributed by atoms with Crippen molar-refractivity contribution in [2.45, 2.75) is 6.92 Å². The van der Waals surface area contributed by atoms with Crippen molar-refractivity contribution >= 4 is 28.9 Å². The van der Waals surface area contributed by atoms with Crippen LogP contribution in [0.1, 0.15) is 5.56 Å². The molecular formula is C15H17ClN4O. The van der Waals surface area contributed by atoms with Crippen molar-refractivity contribution in [2.75, 3.05) is 36.5 Å². The fraction of sp³-hybridized carbons (Fsp3) is 0.333. The SMILES string of the molecule is Cc1ccc(Nc2cc(N3CCOCC3)ncn2)cc1Cl. The average Bonchev–Trinajstić information content (AvgIpc) is 2.52. The van der Waals surface area contributed by atoms with Gasteiger partial charge in [-0.15, -0.1) is 0 Å². The molecule has 1 aromatic carbocycles. The van der Waals surface area contributed by atoms with Crippen molar-refractivity contribution in [2.24, 2.45) is 0 Å². The fourth-order valence-electron chi connectivity index (χ4n) is 2.20. The molecule has 0 spiro atoms. The van der Waals surface area contributed by atoms with Crippen LogP contribution in [0.15, 0.2) is 30.6 Å². The Hall–Kier alpha value is -1.85. The summed E-state index contributed by atoms with van der Waals surface area (Å²) < 4.78 is 5.36. The van der Waals surface area contributed by atoms with Gasteiger partial charge >= 0.3 is 0 Å². The van der Waals surface area contributed by atoms with E-state index in [4.69, 9.17) is 16.3 Å². The zero-order chi connectivity index (χ0) is 14.7. The predicted molar refractivity (Wildman–Crippen MR) is 84.5 cm³/mol. The number of nitrogens with one attached hydrogen (secondary N) is 1. The van der Waals surface area contributed by atoms with Gasteiger partial charge in [0.05, 0.1) is 13.2 Å². The van der Waals surface area contributed by atoms with Gasteiger partial charge in [-0.25, -0.2) is 9.97 Å². The van der Waals surface area contributed by atoms with Gasteiger partial charge in [0, 0.05) is 29.9 Å². The van der Waals surface area contributed by atoms with Gasteiger partial charge in [-0.1, -0.05) is 17.7 Å². The van der Waals surface area contributed by atoms with Gasteiger partial charge in [-0.05, 0) is 24.6 Å². The minimum Gasteiger partial charge on any atom is -0.378 e. The number of rotatable bonds is 3. The summed E-state index contributed by atoms with van der Waals surface area (Å²) in [4.78, 5) is 10.8. The molecule has 0 atom stereocenters. The molecule has 6 heteroatoms. The topological polar surface area (TPSA) is 50.3 Å². The van der Waals surface area contributed by atoms with Crippen LogP contribution in [0.2, 0.25) is 5.02 Å². The summed E-state index contributed by atoms with van der Waals surface area (Å²) >= 11 is 6.14. The number of ether oxygens (including phenoxy) is 1. The van der Waals surface area contributed by atoms with Crippen LogP contribution in [0.25, 0.3) is 0 Å². The summed E-state index contributed by atoms with van der Waals surface area (Å²) in [5, 5.41) is 4.00. The quantitative estimate of drug-likeness (QED) is 0.944. The standard InChI is InChI=1S/C15H17ClN4O/c1-11-2-3-12(8-13(11)16)19-14-9-15(18-10-17-14)20-4-6-21-7-5-20/h2-3,8-10H,4-7H2,1H3,(H,17,18,19). The summed E-state index contributed by atoms with van der Waals surface area (Å²) in [6.07, 6.45) is 1.57. The number of hydrogen-bond acceptors (Lipinski definition) is 5. The summed E-state index contributed by atoms with van der Waals surface area (Å²) in [7, 11) is 0. The summed E-state index contributed by atoms with van der Waals surface area (Å²) in [5.74, 6) is 1.67. The van der Waals surface area contributed by atoms with Crippen LogP contribution in [-0.4, -0.2) is 36.3 Å². The number of hydrogen-bond donors (Lipinski definition) is 1. The molecular weight excluding hydrogens is 288 g/mol. The number of nitrogens with zero attached hydrogens (tertiary/aromatic N) is 3. The molecule has 2 heterocycles. The number of benzene rings is 1. The monoisotopic (exact) mass is 304 g/mol. The minimum absolute atomic E-state index is 0.736. The van der Waals surface area contributed by atoms with Crippen LogP contribution in [0.3, 0.4) is 0 Å². The minimum atomic E-state index is 0.736. The predicted octanol–water partition coefficient (Wildman–Crippen LogP) is 3.02. The van der Waals surface area contributed by atoms with E-state index >= 15 is 0 Å². The van der Waals surface area contributed by atoms with Gasteiger partial charge in [0.15, 0.2) is 0 Å². The maximum Gasteiger partial charge on any atom is 0.135 e. The first-order chi connectivity index (χ1) is 10.2. The third-order valence-corrected chi connectivity index (χ3v) is 3.84. The molecule has 1 aromatic heterocycles. The lowest BCUT2D eigenvalue weighted by molar-refractivity contribution is 0.122. The maximum atomic E-state index is 6.14. The lowest BCUT2D eigenvalue weighted by Gasteiger charge is -2.27. The highest BCUT2D eigenvalue weighted by Gasteiger charge is 2.13. The first kappa shape index (κ1) is 14.1. The Morgan fingerprint density at radius 3 is 2.76 bits per heavy atom. The first-order valence-corrected chi connectivity index (χ1v) is 7.28. The highest BCUT2D eigenvalue weighted by atomic mass is 35.5. The summed E-state index contributed by atoms with van der Waals surface area (Å²) in [5.41, 5.74) is 1.97. The molecule has 1 aliphatic heterocycles. The molecule has 3 rings (SSSR count). The molecule has 0 radical (unpaired) electrons. The number of anilines is 3. The van der Waals surface area contributed by atoms with Crippen LogP contribution in [0.4, 0.5) is 17.3 Å². The van der Waals surface area contributed by atoms with Crippen LogP contribution in [0, 0.1) is 6.92 Å². The van der Waals surface area contributed by atoms with E-state index in [1.165, 1.54) is 0 Å².